The van der Waals surface area contributed by atoms with Gasteiger partial charge in [0.05, 0.1) is 11.6 Å². The summed E-state index contributed by atoms with van der Waals surface area (Å²) in [5, 5.41) is 2.96. The van der Waals surface area contributed by atoms with Crippen LogP contribution in [0.25, 0.3) is 11.4 Å². The van der Waals surface area contributed by atoms with Gasteiger partial charge >= 0.3 is 0 Å². The van der Waals surface area contributed by atoms with Crippen molar-refractivity contribution in [2.24, 2.45) is 0 Å². The predicted molar refractivity (Wildman–Crippen MR) is 97.5 cm³/mol. The predicted octanol–water partition coefficient (Wildman–Crippen LogP) is 4.40. The van der Waals surface area contributed by atoms with Gasteiger partial charge < -0.3 is 5.32 Å². The molecule has 5 heteroatoms. The maximum atomic E-state index is 12.3. The Morgan fingerprint density at radius 1 is 1.00 bits per heavy atom. The third-order valence-corrected chi connectivity index (χ3v) is 4.19. The second-order valence-electron chi connectivity index (χ2n) is 5.41. The van der Waals surface area contributed by atoms with E-state index in [2.05, 4.69) is 31.2 Å². The number of amides is 1. The number of carbonyl (C=O) groups is 1. The average molecular weight is 382 g/mol. The summed E-state index contributed by atoms with van der Waals surface area (Å²) in [6.45, 7) is 1.94. The van der Waals surface area contributed by atoms with Gasteiger partial charge in [0, 0.05) is 22.4 Å². The molecule has 1 heterocycles. The first-order valence-corrected chi connectivity index (χ1v) is 8.36. The van der Waals surface area contributed by atoms with Crippen molar-refractivity contribution < 1.29 is 4.79 Å². The number of rotatable bonds is 4. The minimum Gasteiger partial charge on any atom is -0.345 e. The highest BCUT2D eigenvalue weighted by Crippen LogP contribution is 2.17. The fourth-order valence-corrected chi connectivity index (χ4v) is 2.56. The zero-order valence-electron chi connectivity index (χ0n) is 13.1. The second kappa shape index (κ2) is 7.36. The fraction of sp³-hybridized carbons (Fsp3) is 0.105. The van der Waals surface area contributed by atoms with Gasteiger partial charge in [-0.25, -0.2) is 9.97 Å². The van der Waals surface area contributed by atoms with E-state index in [1.54, 1.807) is 12.4 Å². The third kappa shape index (κ3) is 3.86. The van der Waals surface area contributed by atoms with Gasteiger partial charge in [0.2, 0.25) is 0 Å². The molecule has 0 fully saturated rings. The van der Waals surface area contributed by atoms with Crippen LogP contribution < -0.4 is 5.32 Å². The minimum absolute atomic E-state index is 0.0978. The lowest BCUT2D eigenvalue weighted by Gasteiger charge is -2.14. The van der Waals surface area contributed by atoms with E-state index in [1.807, 2.05) is 61.5 Å². The van der Waals surface area contributed by atoms with E-state index in [0.29, 0.717) is 11.4 Å². The van der Waals surface area contributed by atoms with Crippen LogP contribution in [-0.4, -0.2) is 15.9 Å². The number of halogens is 1. The normalized spacial score (nSPS) is 11.8. The average Bonchev–Trinajstić information content (AvgIpc) is 2.63. The summed E-state index contributed by atoms with van der Waals surface area (Å²) in [6.07, 6.45) is 3.11. The van der Waals surface area contributed by atoms with E-state index >= 15 is 0 Å². The molecule has 1 amide bonds. The summed E-state index contributed by atoms with van der Waals surface area (Å²) >= 11 is 3.40. The maximum absolute atomic E-state index is 12.3. The van der Waals surface area contributed by atoms with Crippen molar-refractivity contribution in [3.8, 4) is 11.4 Å². The van der Waals surface area contributed by atoms with Gasteiger partial charge in [-0.2, -0.15) is 0 Å². The summed E-state index contributed by atoms with van der Waals surface area (Å²) < 4.78 is 1.01. The molecule has 4 nitrogen and oxygen atoms in total. The first kappa shape index (κ1) is 16.3. The monoisotopic (exact) mass is 381 g/mol. The minimum atomic E-state index is -0.190. The number of aromatic nitrogens is 2. The van der Waals surface area contributed by atoms with Gasteiger partial charge in [-0.05, 0) is 24.6 Å². The molecule has 0 aliphatic carbocycles. The first-order chi connectivity index (χ1) is 11.6. The quantitative estimate of drug-likeness (QED) is 0.728. The van der Waals surface area contributed by atoms with Gasteiger partial charge in [0.25, 0.3) is 5.91 Å². The highest BCUT2D eigenvalue weighted by molar-refractivity contribution is 9.10. The Hall–Kier alpha value is -2.53. The fourth-order valence-electron chi connectivity index (χ4n) is 2.30. The maximum Gasteiger partial charge on any atom is 0.254 e. The number of nitrogens with zero attached hydrogens (tertiary/aromatic N) is 2. The van der Waals surface area contributed by atoms with Crippen molar-refractivity contribution in [1.29, 1.82) is 0 Å². The first-order valence-electron chi connectivity index (χ1n) is 7.57. The molecule has 1 N–H and O–H groups in total. The standard InChI is InChI=1S/C19H16BrN3O/c1-13(14-7-9-17(20)10-8-14)23-19(24)16-11-21-18(22-12-16)15-5-3-2-4-6-15/h2-13H,1H3,(H,23,24). The van der Waals surface area contributed by atoms with Crippen LogP contribution in [0.1, 0.15) is 28.9 Å². The summed E-state index contributed by atoms with van der Waals surface area (Å²) in [5.74, 6) is 0.415. The Labute approximate surface area is 149 Å². The Morgan fingerprint density at radius 2 is 1.62 bits per heavy atom. The largest absolute Gasteiger partial charge is 0.345 e. The van der Waals surface area contributed by atoms with E-state index in [1.165, 1.54) is 0 Å². The summed E-state index contributed by atoms with van der Waals surface area (Å²) in [7, 11) is 0. The van der Waals surface area contributed by atoms with Crippen LogP contribution in [0.5, 0.6) is 0 Å². The van der Waals surface area contributed by atoms with Crippen molar-refractivity contribution in [3.63, 3.8) is 0 Å². The highest BCUT2D eigenvalue weighted by atomic mass is 79.9. The Bertz CT molecular complexity index is 817. The molecule has 3 rings (SSSR count). The number of hydrogen-bond acceptors (Lipinski definition) is 3. The lowest BCUT2D eigenvalue weighted by atomic mass is 10.1. The zero-order valence-corrected chi connectivity index (χ0v) is 14.7. The van der Waals surface area contributed by atoms with Gasteiger partial charge in [-0.15, -0.1) is 0 Å². The van der Waals surface area contributed by atoms with Crippen LogP contribution in [0, 0.1) is 0 Å². The van der Waals surface area contributed by atoms with Gasteiger partial charge in [0.1, 0.15) is 0 Å². The lowest BCUT2D eigenvalue weighted by Crippen LogP contribution is -2.26. The van der Waals surface area contributed by atoms with Crippen molar-refractivity contribution in [2.45, 2.75) is 13.0 Å². The number of hydrogen-bond donors (Lipinski definition) is 1. The van der Waals surface area contributed by atoms with Crippen molar-refractivity contribution in [2.75, 3.05) is 0 Å². The van der Waals surface area contributed by atoms with E-state index in [0.717, 1.165) is 15.6 Å². The molecule has 3 aromatic rings. The molecule has 120 valence electrons. The van der Waals surface area contributed by atoms with Crippen LogP contribution in [0.4, 0.5) is 0 Å². The Morgan fingerprint density at radius 3 is 2.25 bits per heavy atom. The molecule has 0 spiro atoms. The molecule has 0 aliphatic rings. The van der Waals surface area contributed by atoms with E-state index in [4.69, 9.17) is 0 Å². The van der Waals surface area contributed by atoms with Gasteiger partial charge in [-0.1, -0.05) is 58.4 Å². The molecule has 2 aromatic carbocycles. The molecular weight excluding hydrogens is 366 g/mol. The van der Waals surface area contributed by atoms with Crippen LogP contribution in [0.15, 0.2) is 71.5 Å². The SMILES string of the molecule is CC(NC(=O)c1cnc(-c2ccccc2)nc1)c1ccc(Br)cc1. The molecule has 0 bridgehead atoms. The van der Waals surface area contributed by atoms with Crippen LogP contribution >= 0.6 is 15.9 Å². The summed E-state index contributed by atoms with van der Waals surface area (Å²) in [6, 6.07) is 17.4. The molecule has 0 aliphatic heterocycles. The van der Waals surface area contributed by atoms with Gasteiger partial charge in [-0.3, -0.25) is 4.79 Å². The van der Waals surface area contributed by atoms with Crippen LogP contribution in [-0.2, 0) is 0 Å². The van der Waals surface area contributed by atoms with E-state index < -0.39 is 0 Å². The summed E-state index contributed by atoms with van der Waals surface area (Å²) in [4.78, 5) is 20.9. The van der Waals surface area contributed by atoms with Crippen LogP contribution in [0.3, 0.4) is 0 Å². The second-order valence-corrected chi connectivity index (χ2v) is 6.32. The molecule has 0 saturated carbocycles. The zero-order chi connectivity index (χ0) is 16.9. The van der Waals surface area contributed by atoms with E-state index in [-0.39, 0.29) is 11.9 Å². The highest BCUT2D eigenvalue weighted by Gasteiger charge is 2.12. The summed E-state index contributed by atoms with van der Waals surface area (Å²) in [5.41, 5.74) is 2.40. The van der Waals surface area contributed by atoms with Crippen LogP contribution in [0.2, 0.25) is 0 Å². The van der Waals surface area contributed by atoms with E-state index in [9.17, 15) is 4.79 Å². The molecule has 1 atom stereocenters. The van der Waals surface area contributed by atoms with Crippen molar-refractivity contribution in [3.05, 3.63) is 82.6 Å². The van der Waals surface area contributed by atoms with Crippen molar-refractivity contribution in [1.82, 2.24) is 15.3 Å². The molecular formula is C19H16BrN3O. The molecule has 1 aromatic heterocycles. The molecule has 0 radical (unpaired) electrons. The number of benzene rings is 2. The van der Waals surface area contributed by atoms with Crippen molar-refractivity contribution >= 4 is 21.8 Å². The lowest BCUT2D eigenvalue weighted by molar-refractivity contribution is 0.0939. The Balaban J connectivity index is 1.70. The van der Waals surface area contributed by atoms with Gasteiger partial charge in [0.15, 0.2) is 5.82 Å². The molecule has 24 heavy (non-hydrogen) atoms. The Kier molecular flexibility index (Phi) is 5.01. The smallest absolute Gasteiger partial charge is 0.254 e. The molecule has 1 unspecified atom stereocenters. The third-order valence-electron chi connectivity index (χ3n) is 3.66. The number of carbonyl (C=O) groups excluding carboxylic acids is 1. The molecule has 0 saturated heterocycles. The number of nitrogens with one attached hydrogen (secondary N) is 1. The topological polar surface area (TPSA) is 54.9 Å².